The van der Waals surface area contributed by atoms with Crippen LogP contribution in [0.25, 0.3) is 0 Å². The average molecular weight is 322 g/mol. The number of nitrogens with one attached hydrogen (secondary N) is 1. The second-order valence-electron chi connectivity index (χ2n) is 4.22. The van der Waals surface area contributed by atoms with Gasteiger partial charge in [0.2, 0.25) is 5.75 Å². The van der Waals surface area contributed by atoms with Crippen LogP contribution in [0.3, 0.4) is 0 Å². The number of hydrogen-bond donors (Lipinski definition) is 2. The summed E-state index contributed by atoms with van der Waals surface area (Å²) in [5.74, 6) is -0.516. The molecule has 2 aromatic rings. The predicted molar refractivity (Wildman–Crippen MR) is 84.0 cm³/mol. The Morgan fingerprint density at radius 3 is 2.64 bits per heavy atom. The third-order valence-corrected chi connectivity index (χ3v) is 3.00. The highest BCUT2D eigenvalue weighted by Crippen LogP contribution is 2.36. The molecule has 0 heterocycles. The number of hydrazone groups is 1. The molecule has 2 N–H and O–H groups in total. The number of nitrogens with zero attached hydrogens (tertiary/aromatic N) is 2. The molecular weight excluding hydrogens is 310 g/mol. The van der Waals surface area contributed by atoms with E-state index >= 15 is 0 Å². The second-order valence-corrected chi connectivity index (χ2v) is 4.66. The Labute approximate surface area is 130 Å². The number of anilines is 1. The first-order valence-electron chi connectivity index (χ1n) is 6.11. The van der Waals surface area contributed by atoms with Crippen molar-refractivity contribution in [3.05, 3.63) is 57.1 Å². The van der Waals surface area contributed by atoms with Crippen LogP contribution in [0.5, 0.6) is 11.5 Å². The van der Waals surface area contributed by atoms with Crippen LogP contribution in [0.15, 0.2) is 41.5 Å². The molecule has 0 saturated heterocycles. The number of aromatic hydroxyl groups is 1. The molecule has 0 aliphatic rings. The lowest BCUT2D eigenvalue weighted by atomic mass is 10.2. The molecule has 2 aromatic carbocycles. The maximum atomic E-state index is 10.9. The quantitative estimate of drug-likeness (QED) is 0.499. The van der Waals surface area contributed by atoms with Gasteiger partial charge in [-0.25, -0.2) is 0 Å². The van der Waals surface area contributed by atoms with Gasteiger partial charge in [0.05, 0.1) is 23.9 Å². The molecular formula is C14H12ClN3O4. The molecule has 114 valence electrons. The lowest BCUT2D eigenvalue weighted by Crippen LogP contribution is -1.96. The maximum Gasteiger partial charge on any atom is 0.315 e. The Hall–Kier alpha value is -2.80. The van der Waals surface area contributed by atoms with E-state index < -0.39 is 16.4 Å². The molecule has 0 atom stereocenters. The van der Waals surface area contributed by atoms with E-state index in [1.165, 1.54) is 25.5 Å². The highest BCUT2D eigenvalue weighted by atomic mass is 35.5. The van der Waals surface area contributed by atoms with Crippen molar-refractivity contribution in [2.75, 3.05) is 12.5 Å². The van der Waals surface area contributed by atoms with Crippen LogP contribution in [0.1, 0.15) is 5.56 Å². The Morgan fingerprint density at radius 1 is 1.36 bits per heavy atom. The van der Waals surface area contributed by atoms with Crippen molar-refractivity contribution in [2.45, 2.75) is 0 Å². The minimum Gasteiger partial charge on any atom is -0.500 e. The molecule has 0 unspecified atom stereocenters. The Kier molecular flexibility index (Phi) is 4.80. The van der Waals surface area contributed by atoms with Gasteiger partial charge in [-0.1, -0.05) is 11.6 Å². The number of benzene rings is 2. The summed E-state index contributed by atoms with van der Waals surface area (Å²) in [4.78, 5) is 10.2. The highest BCUT2D eigenvalue weighted by molar-refractivity contribution is 6.30. The first-order chi connectivity index (χ1) is 10.5. The molecule has 0 saturated carbocycles. The standard InChI is InChI=1S/C14H12ClN3O4/c1-22-13-7-9(6-12(14(13)19)18(20)21)8-16-17-11-4-2-10(15)3-5-11/h2-8,17,19H,1H3/b16-8+. The number of halogens is 1. The SMILES string of the molecule is COc1cc(/C=N/Nc2ccc(Cl)cc2)cc([N+](=O)[O-])c1O. The summed E-state index contributed by atoms with van der Waals surface area (Å²) in [7, 11) is 1.31. The minimum atomic E-state index is -0.693. The second kappa shape index (κ2) is 6.77. The normalized spacial score (nSPS) is 10.6. The summed E-state index contributed by atoms with van der Waals surface area (Å²) >= 11 is 5.77. The molecule has 0 aromatic heterocycles. The van der Waals surface area contributed by atoms with Crippen molar-refractivity contribution in [2.24, 2.45) is 5.10 Å². The van der Waals surface area contributed by atoms with Crippen molar-refractivity contribution >= 4 is 29.2 Å². The van der Waals surface area contributed by atoms with Crippen molar-refractivity contribution in [1.29, 1.82) is 0 Å². The van der Waals surface area contributed by atoms with Gasteiger partial charge in [0, 0.05) is 16.7 Å². The number of hydrogen-bond acceptors (Lipinski definition) is 6. The maximum absolute atomic E-state index is 10.9. The van der Waals surface area contributed by atoms with Gasteiger partial charge >= 0.3 is 5.69 Å². The summed E-state index contributed by atoms with van der Waals surface area (Å²) < 4.78 is 4.90. The van der Waals surface area contributed by atoms with Crippen LogP contribution in [-0.2, 0) is 0 Å². The molecule has 2 rings (SSSR count). The number of ether oxygens (including phenoxy) is 1. The van der Waals surface area contributed by atoms with Gasteiger partial charge < -0.3 is 9.84 Å². The van der Waals surface area contributed by atoms with E-state index in [1.54, 1.807) is 24.3 Å². The average Bonchev–Trinajstić information content (AvgIpc) is 2.50. The molecule has 0 amide bonds. The molecule has 0 spiro atoms. The smallest absolute Gasteiger partial charge is 0.315 e. The largest absolute Gasteiger partial charge is 0.500 e. The van der Waals surface area contributed by atoms with Crippen molar-refractivity contribution in [3.63, 3.8) is 0 Å². The topological polar surface area (TPSA) is 97.0 Å². The van der Waals surface area contributed by atoms with Gasteiger partial charge in [-0.15, -0.1) is 0 Å². The monoisotopic (exact) mass is 321 g/mol. The molecule has 0 fully saturated rings. The van der Waals surface area contributed by atoms with Crippen LogP contribution in [-0.4, -0.2) is 23.4 Å². The van der Waals surface area contributed by atoms with E-state index in [4.69, 9.17) is 16.3 Å². The van der Waals surface area contributed by atoms with Crippen LogP contribution in [0.4, 0.5) is 11.4 Å². The number of nitro groups is 1. The van der Waals surface area contributed by atoms with E-state index in [-0.39, 0.29) is 5.75 Å². The zero-order valence-corrected chi connectivity index (χ0v) is 12.2. The van der Waals surface area contributed by atoms with Gasteiger partial charge in [0.15, 0.2) is 5.75 Å². The Balaban J connectivity index is 2.21. The molecule has 0 aliphatic heterocycles. The summed E-state index contributed by atoms with van der Waals surface area (Å²) in [5, 5.41) is 25.1. The van der Waals surface area contributed by atoms with E-state index in [0.717, 1.165) is 0 Å². The van der Waals surface area contributed by atoms with Gasteiger partial charge in [0.1, 0.15) is 0 Å². The number of methoxy groups -OCH3 is 1. The third kappa shape index (κ3) is 3.64. The Bertz CT molecular complexity index is 717. The van der Waals surface area contributed by atoms with Crippen molar-refractivity contribution < 1.29 is 14.8 Å². The van der Waals surface area contributed by atoms with Crippen LogP contribution < -0.4 is 10.2 Å². The summed E-state index contributed by atoms with van der Waals surface area (Å²) in [6.07, 6.45) is 1.38. The number of phenols is 1. The van der Waals surface area contributed by atoms with Gasteiger partial charge in [-0.05, 0) is 30.3 Å². The Morgan fingerprint density at radius 2 is 2.05 bits per heavy atom. The first kappa shape index (κ1) is 15.6. The fourth-order valence-electron chi connectivity index (χ4n) is 1.69. The van der Waals surface area contributed by atoms with Crippen LogP contribution >= 0.6 is 11.6 Å². The molecule has 22 heavy (non-hydrogen) atoms. The molecule has 0 aliphatic carbocycles. The van der Waals surface area contributed by atoms with Gasteiger partial charge in [-0.3, -0.25) is 15.5 Å². The summed E-state index contributed by atoms with van der Waals surface area (Å²) in [6, 6.07) is 9.51. The fraction of sp³-hybridized carbons (Fsp3) is 0.0714. The van der Waals surface area contributed by atoms with Crippen molar-refractivity contribution in [3.8, 4) is 11.5 Å². The predicted octanol–water partition coefficient (Wildman–Crippen LogP) is 3.41. The van der Waals surface area contributed by atoms with Gasteiger partial charge in [0.25, 0.3) is 0 Å². The third-order valence-electron chi connectivity index (χ3n) is 2.75. The molecule has 8 heteroatoms. The summed E-state index contributed by atoms with van der Waals surface area (Å²) in [5.41, 5.74) is 3.42. The lowest BCUT2D eigenvalue weighted by molar-refractivity contribution is -0.386. The molecule has 7 nitrogen and oxygen atoms in total. The van der Waals surface area contributed by atoms with E-state index in [1.807, 2.05) is 0 Å². The van der Waals surface area contributed by atoms with E-state index in [9.17, 15) is 15.2 Å². The number of phenolic OH excluding ortho intramolecular Hbond substituents is 1. The zero-order chi connectivity index (χ0) is 16.1. The fourth-order valence-corrected chi connectivity index (χ4v) is 1.81. The minimum absolute atomic E-state index is 0.00198. The summed E-state index contributed by atoms with van der Waals surface area (Å²) in [6.45, 7) is 0. The molecule has 0 bridgehead atoms. The molecule has 0 radical (unpaired) electrons. The van der Waals surface area contributed by atoms with Gasteiger partial charge in [-0.2, -0.15) is 5.10 Å². The van der Waals surface area contributed by atoms with E-state index in [2.05, 4.69) is 10.5 Å². The van der Waals surface area contributed by atoms with E-state index in [0.29, 0.717) is 16.3 Å². The zero-order valence-electron chi connectivity index (χ0n) is 11.5. The number of nitro benzene ring substituents is 1. The number of rotatable bonds is 5. The first-order valence-corrected chi connectivity index (χ1v) is 6.49. The van der Waals surface area contributed by atoms with Crippen LogP contribution in [0.2, 0.25) is 5.02 Å². The van der Waals surface area contributed by atoms with Crippen molar-refractivity contribution in [1.82, 2.24) is 0 Å². The van der Waals surface area contributed by atoms with Crippen LogP contribution in [0, 0.1) is 10.1 Å². The highest BCUT2D eigenvalue weighted by Gasteiger charge is 2.19. The lowest BCUT2D eigenvalue weighted by Gasteiger charge is -2.05.